The molecular weight excluding hydrogens is 220 g/mol. The smallest absolute Gasteiger partial charge is 0.122 e. The van der Waals surface area contributed by atoms with E-state index in [1.807, 2.05) is 6.92 Å². The number of halogens is 1. The summed E-state index contributed by atoms with van der Waals surface area (Å²) in [6.07, 6.45) is 1.01. The van der Waals surface area contributed by atoms with Crippen LogP contribution in [0.1, 0.15) is 42.9 Å². The van der Waals surface area contributed by atoms with Crippen molar-refractivity contribution in [2.45, 2.75) is 45.4 Å². The first-order valence-corrected chi connectivity index (χ1v) is 6.18. The maximum Gasteiger partial charge on any atom is 0.122 e. The van der Waals surface area contributed by atoms with Crippen LogP contribution >= 0.6 is 11.6 Å². The molecule has 0 amide bonds. The summed E-state index contributed by atoms with van der Waals surface area (Å²) in [6.45, 7) is 8.49. The van der Waals surface area contributed by atoms with Crippen molar-refractivity contribution >= 4 is 11.6 Å². The van der Waals surface area contributed by atoms with Crippen LogP contribution in [0.2, 0.25) is 0 Å². The standard InChI is InChI=1S/C14H21ClO/c1-9(6-12(4)15)13-7-11(3)14(16-5)8-10(13)2/h7-9,12H,6H2,1-5H3. The zero-order chi connectivity index (χ0) is 12.3. The topological polar surface area (TPSA) is 9.23 Å². The number of alkyl halides is 1. The highest BCUT2D eigenvalue weighted by molar-refractivity contribution is 6.20. The Labute approximate surface area is 104 Å². The third-order valence-electron chi connectivity index (χ3n) is 2.99. The minimum absolute atomic E-state index is 0.219. The Morgan fingerprint density at radius 2 is 1.81 bits per heavy atom. The molecule has 0 aliphatic rings. The number of rotatable bonds is 4. The summed E-state index contributed by atoms with van der Waals surface area (Å²) < 4.78 is 5.32. The molecular formula is C14H21ClO. The minimum Gasteiger partial charge on any atom is -0.496 e. The number of ether oxygens (including phenoxy) is 1. The number of methoxy groups -OCH3 is 1. The van der Waals surface area contributed by atoms with E-state index in [9.17, 15) is 0 Å². The van der Waals surface area contributed by atoms with Crippen LogP contribution in [0.4, 0.5) is 0 Å². The van der Waals surface area contributed by atoms with Crippen molar-refractivity contribution in [3.8, 4) is 5.75 Å². The van der Waals surface area contributed by atoms with Crippen LogP contribution in [-0.2, 0) is 0 Å². The molecule has 0 aliphatic heterocycles. The first-order chi connectivity index (χ1) is 7.45. The van der Waals surface area contributed by atoms with Crippen molar-refractivity contribution in [3.63, 3.8) is 0 Å². The van der Waals surface area contributed by atoms with Crippen molar-refractivity contribution in [1.29, 1.82) is 0 Å². The van der Waals surface area contributed by atoms with Gasteiger partial charge in [-0.15, -0.1) is 11.6 Å². The molecule has 0 spiro atoms. The van der Waals surface area contributed by atoms with Gasteiger partial charge in [0.25, 0.3) is 0 Å². The van der Waals surface area contributed by atoms with E-state index in [0.717, 1.165) is 12.2 Å². The maximum absolute atomic E-state index is 6.05. The van der Waals surface area contributed by atoms with E-state index in [1.165, 1.54) is 16.7 Å². The van der Waals surface area contributed by atoms with E-state index in [1.54, 1.807) is 7.11 Å². The molecule has 90 valence electrons. The van der Waals surface area contributed by atoms with Crippen LogP contribution in [0, 0.1) is 13.8 Å². The van der Waals surface area contributed by atoms with Crippen LogP contribution in [0.5, 0.6) is 5.75 Å². The van der Waals surface area contributed by atoms with E-state index in [4.69, 9.17) is 16.3 Å². The average Bonchev–Trinajstić information content (AvgIpc) is 2.19. The van der Waals surface area contributed by atoms with Crippen LogP contribution in [0.15, 0.2) is 12.1 Å². The number of hydrogen-bond acceptors (Lipinski definition) is 1. The largest absolute Gasteiger partial charge is 0.496 e. The van der Waals surface area contributed by atoms with E-state index >= 15 is 0 Å². The van der Waals surface area contributed by atoms with Crippen molar-refractivity contribution in [3.05, 3.63) is 28.8 Å². The molecule has 0 aliphatic carbocycles. The lowest BCUT2D eigenvalue weighted by molar-refractivity contribution is 0.411. The van der Waals surface area contributed by atoms with E-state index in [-0.39, 0.29) is 5.38 Å². The second-order valence-electron chi connectivity index (χ2n) is 4.60. The number of hydrogen-bond donors (Lipinski definition) is 0. The summed E-state index contributed by atoms with van der Waals surface area (Å²) in [5, 5.41) is 0.219. The SMILES string of the molecule is COc1cc(C)c(C(C)CC(C)Cl)cc1C. The normalized spacial score (nSPS) is 14.6. The molecule has 1 rings (SSSR count). The average molecular weight is 241 g/mol. The summed E-state index contributed by atoms with van der Waals surface area (Å²) in [5.41, 5.74) is 3.86. The second kappa shape index (κ2) is 5.58. The molecule has 1 aromatic carbocycles. The van der Waals surface area contributed by atoms with Gasteiger partial charge in [0.05, 0.1) is 7.11 Å². The molecule has 16 heavy (non-hydrogen) atoms. The summed E-state index contributed by atoms with van der Waals surface area (Å²) in [7, 11) is 1.71. The van der Waals surface area contributed by atoms with Crippen molar-refractivity contribution in [2.75, 3.05) is 7.11 Å². The molecule has 0 fully saturated rings. The van der Waals surface area contributed by atoms with Crippen LogP contribution in [0.25, 0.3) is 0 Å². The molecule has 0 heterocycles. The van der Waals surface area contributed by atoms with Gasteiger partial charge < -0.3 is 4.74 Å². The molecule has 2 unspecified atom stereocenters. The van der Waals surface area contributed by atoms with Gasteiger partial charge in [-0.25, -0.2) is 0 Å². The second-order valence-corrected chi connectivity index (χ2v) is 5.34. The molecule has 2 heteroatoms. The summed E-state index contributed by atoms with van der Waals surface area (Å²) in [4.78, 5) is 0. The first-order valence-electron chi connectivity index (χ1n) is 5.75. The Morgan fingerprint density at radius 3 is 2.31 bits per heavy atom. The quantitative estimate of drug-likeness (QED) is 0.708. The van der Waals surface area contributed by atoms with E-state index < -0.39 is 0 Å². The van der Waals surface area contributed by atoms with Gasteiger partial charge in [0.2, 0.25) is 0 Å². The maximum atomic E-state index is 6.05. The van der Waals surface area contributed by atoms with Crippen LogP contribution in [0.3, 0.4) is 0 Å². The van der Waals surface area contributed by atoms with Gasteiger partial charge in [0, 0.05) is 5.38 Å². The van der Waals surface area contributed by atoms with E-state index in [0.29, 0.717) is 5.92 Å². The third kappa shape index (κ3) is 3.15. The third-order valence-corrected chi connectivity index (χ3v) is 3.17. The highest BCUT2D eigenvalue weighted by atomic mass is 35.5. The Morgan fingerprint density at radius 1 is 1.19 bits per heavy atom. The highest BCUT2D eigenvalue weighted by Gasteiger charge is 2.13. The Bertz CT molecular complexity index is 358. The van der Waals surface area contributed by atoms with Gasteiger partial charge in [0.15, 0.2) is 0 Å². The zero-order valence-electron chi connectivity index (χ0n) is 10.8. The highest BCUT2D eigenvalue weighted by Crippen LogP contribution is 2.30. The monoisotopic (exact) mass is 240 g/mol. The molecule has 1 aromatic rings. The van der Waals surface area contributed by atoms with Crippen molar-refractivity contribution < 1.29 is 4.74 Å². The first kappa shape index (κ1) is 13.4. The van der Waals surface area contributed by atoms with Crippen molar-refractivity contribution in [1.82, 2.24) is 0 Å². The fraction of sp³-hybridized carbons (Fsp3) is 0.571. The lowest BCUT2D eigenvalue weighted by atomic mass is 9.91. The lowest BCUT2D eigenvalue weighted by Crippen LogP contribution is -2.04. The summed E-state index contributed by atoms with van der Waals surface area (Å²) >= 11 is 6.05. The fourth-order valence-electron chi connectivity index (χ4n) is 2.18. The minimum atomic E-state index is 0.219. The molecule has 0 aromatic heterocycles. The van der Waals surface area contributed by atoms with Gasteiger partial charge in [-0.3, -0.25) is 0 Å². The Balaban J connectivity index is 3.01. The Hall–Kier alpha value is -0.690. The summed E-state index contributed by atoms with van der Waals surface area (Å²) in [6, 6.07) is 4.33. The fourth-order valence-corrected chi connectivity index (χ4v) is 2.44. The number of benzene rings is 1. The molecule has 2 atom stereocenters. The Kier molecular flexibility index (Phi) is 4.67. The summed E-state index contributed by atoms with van der Waals surface area (Å²) in [5.74, 6) is 1.46. The predicted octanol–water partition coefficient (Wildman–Crippen LogP) is 4.43. The van der Waals surface area contributed by atoms with Gasteiger partial charge in [-0.1, -0.05) is 13.0 Å². The molecule has 0 radical (unpaired) electrons. The van der Waals surface area contributed by atoms with Crippen LogP contribution < -0.4 is 4.74 Å². The van der Waals surface area contributed by atoms with Gasteiger partial charge in [0.1, 0.15) is 5.75 Å². The molecule has 0 saturated carbocycles. The van der Waals surface area contributed by atoms with Crippen LogP contribution in [-0.4, -0.2) is 12.5 Å². The van der Waals surface area contributed by atoms with Gasteiger partial charge in [-0.05, 0) is 55.9 Å². The zero-order valence-corrected chi connectivity index (χ0v) is 11.6. The molecule has 0 N–H and O–H groups in total. The van der Waals surface area contributed by atoms with E-state index in [2.05, 4.69) is 32.9 Å². The van der Waals surface area contributed by atoms with Gasteiger partial charge >= 0.3 is 0 Å². The molecule has 0 bridgehead atoms. The van der Waals surface area contributed by atoms with Gasteiger partial charge in [-0.2, -0.15) is 0 Å². The lowest BCUT2D eigenvalue weighted by Gasteiger charge is -2.18. The predicted molar refractivity (Wildman–Crippen MR) is 70.8 cm³/mol. The van der Waals surface area contributed by atoms with Crippen molar-refractivity contribution in [2.24, 2.45) is 0 Å². The molecule has 1 nitrogen and oxygen atoms in total. The number of aryl methyl sites for hydroxylation is 2. The molecule has 0 saturated heterocycles.